The van der Waals surface area contributed by atoms with Crippen LogP contribution in [0.25, 0.3) is 0 Å². The van der Waals surface area contributed by atoms with Gasteiger partial charge in [-0.05, 0) is 36.5 Å². The first-order chi connectivity index (χ1) is 6.36. The molecular formula is C10H8N2S. The van der Waals surface area contributed by atoms with Gasteiger partial charge in [-0.1, -0.05) is 5.92 Å². The molecule has 13 heavy (non-hydrogen) atoms. The predicted molar refractivity (Wildman–Crippen MR) is 58.5 cm³/mol. The zero-order valence-corrected chi connectivity index (χ0v) is 7.77. The van der Waals surface area contributed by atoms with Crippen molar-refractivity contribution in [2.45, 2.75) is 0 Å². The third-order valence-electron chi connectivity index (χ3n) is 1.44. The summed E-state index contributed by atoms with van der Waals surface area (Å²) in [7, 11) is 0. The van der Waals surface area contributed by atoms with Crippen molar-refractivity contribution in [3.8, 4) is 12.3 Å². The molecule has 0 atom stereocenters. The van der Waals surface area contributed by atoms with Crippen molar-refractivity contribution in [2.75, 3.05) is 11.9 Å². The molecule has 2 nitrogen and oxygen atoms in total. The first-order valence-electron chi connectivity index (χ1n) is 3.72. The molecule has 0 aliphatic rings. The first-order valence-corrected chi connectivity index (χ1v) is 4.13. The van der Waals surface area contributed by atoms with Crippen molar-refractivity contribution in [3.63, 3.8) is 0 Å². The summed E-state index contributed by atoms with van der Waals surface area (Å²) in [4.78, 5) is 3.82. The lowest BCUT2D eigenvalue weighted by Gasteiger charge is -2.00. The Morgan fingerprint density at radius 1 is 1.38 bits per heavy atom. The molecule has 3 heteroatoms. The van der Waals surface area contributed by atoms with Gasteiger partial charge in [0.2, 0.25) is 0 Å². The van der Waals surface area contributed by atoms with Gasteiger partial charge in [0.1, 0.15) is 0 Å². The highest BCUT2D eigenvalue weighted by atomic mass is 32.1. The van der Waals surface area contributed by atoms with Gasteiger partial charge in [0.05, 0.1) is 17.4 Å². The summed E-state index contributed by atoms with van der Waals surface area (Å²) in [6.07, 6.45) is 5.10. The van der Waals surface area contributed by atoms with E-state index in [2.05, 4.69) is 33.6 Å². The number of thiocarbonyl (C=S) groups is 1. The van der Waals surface area contributed by atoms with E-state index in [-0.39, 0.29) is 0 Å². The van der Waals surface area contributed by atoms with E-state index < -0.39 is 0 Å². The Kier molecular flexibility index (Phi) is 3.72. The van der Waals surface area contributed by atoms with Crippen molar-refractivity contribution in [2.24, 2.45) is 4.99 Å². The Labute approximate surface area is 82.7 Å². The van der Waals surface area contributed by atoms with E-state index in [1.54, 1.807) is 0 Å². The number of nitrogens with one attached hydrogen (secondary N) is 1. The van der Waals surface area contributed by atoms with Gasteiger partial charge in [0.15, 0.2) is 0 Å². The highest BCUT2D eigenvalue weighted by Gasteiger charge is 1.89. The zero-order chi connectivity index (χ0) is 9.52. The molecule has 0 aromatic heterocycles. The quantitative estimate of drug-likeness (QED) is 0.447. The molecule has 0 heterocycles. The molecule has 1 N–H and O–H groups in total. The van der Waals surface area contributed by atoms with Crippen LogP contribution in [0, 0.1) is 12.3 Å². The van der Waals surface area contributed by atoms with Crippen LogP contribution in [0.1, 0.15) is 0 Å². The summed E-state index contributed by atoms with van der Waals surface area (Å²) < 4.78 is 0. The number of rotatable bonds is 3. The third-order valence-corrected chi connectivity index (χ3v) is 1.53. The predicted octanol–water partition coefficient (Wildman–Crippen LogP) is 2.47. The summed E-state index contributed by atoms with van der Waals surface area (Å²) in [6.45, 7) is 0.524. The Hall–Kier alpha value is -1.62. The van der Waals surface area contributed by atoms with E-state index in [1.807, 2.05) is 24.3 Å². The van der Waals surface area contributed by atoms with Crippen LogP contribution in [0.3, 0.4) is 0 Å². The number of hydrogen-bond donors (Lipinski definition) is 1. The molecule has 0 aliphatic heterocycles. The second kappa shape index (κ2) is 5.10. The lowest BCUT2D eigenvalue weighted by Crippen LogP contribution is -1.96. The molecular weight excluding hydrogens is 180 g/mol. The van der Waals surface area contributed by atoms with Gasteiger partial charge in [-0.3, -0.25) is 0 Å². The molecule has 0 unspecified atom stereocenters. The van der Waals surface area contributed by atoms with Crippen LogP contribution < -0.4 is 5.32 Å². The van der Waals surface area contributed by atoms with Gasteiger partial charge in [-0.2, -0.15) is 4.99 Å². The fourth-order valence-electron chi connectivity index (χ4n) is 0.860. The second-order valence-electron chi connectivity index (χ2n) is 2.31. The minimum absolute atomic E-state index is 0.524. The van der Waals surface area contributed by atoms with Gasteiger partial charge < -0.3 is 5.32 Å². The number of isothiocyanates is 1. The Bertz CT molecular complexity index is 356. The topological polar surface area (TPSA) is 24.4 Å². The maximum absolute atomic E-state index is 5.10. The number of anilines is 1. The molecule has 0 aliphatic carbocycles. The smallest absolute Gasteiger partial charge is 0.0763 e. The molecule has 0 fully saturated rings. The van der Waals surface area contributed by atoms with Crippen LogP contribution in [0.5, 0.6) is 0 Å². The van der Waals surface area contributed by atoms with Crippen LogP contribution in [-0.4, -0.2) is 11.7 Å². The largest absolute Gasteiger partial charge is 0.374 e. The number of aliphatic imine (C=N–C) groups is 1. The Balaban J connectivity index is 2.70. The van der Waals surface area contributed by atoms with E-state index >= 15 is 0 Å². The summed E-state index contributed by atoms with van der Waals surface area (Å²) in [6, 6.07) is 7.47. The van der Waals surface area contributed by atoms with Crippen molar-refractivity contribution in [1.29, 1.82) is 0 Å². The highest BCUT2D eigenvalue weighted by Crippen LogP contribution is 2.15. The standard InChI is InChI=1S/C10H8N2S/c1-2-7-11-9-3-5-10(6-4-9)12-8-13/h1,3-6,11H,7H2. The molecule has 1 aromatic rings. The SMILES string of the molecule is C#CCNc1ccc(N=C=S)cc1. The monoisotopic (exact) mass is 188 g/mol. The average molecular weight is 188 g/mol. The summed E-state index contributed by atoms with van der Waals surface area (Å²) >= 11 is 4.48. The van der Waals surface area contributed by atoms with E-state index in [0.29, 0.717) is 6.54 Å². The molecule has 0 saturated carbocycles. The second-order valence-corrected chi connectivity index (χ2v) is 2.49. The van der Waals surface area contributed by atoms with Crippen LogP contribution in [0.4, 0.5) is 11.4 Å². The Morgan fingerprint density at radius 3 is 2.62 bits per heavy atom. The Morgan fingerprint density at radius 2 is 2.08 bits per heavy atom. The first kappa shape index (κ1) is 9.47. The van der Waals surface area contributed by atoms with Gasteiger partial charge in [-0.25, -0.2) is 0 Å². The molecule has 64 valence electrons. The number of nitrogens with zero attached hydrogens (tertiary/aromatic N) is 1. The van der Waals surface area contributed by atoms with Gasteiger partial charge in [-0.15, -0.1) is 6.42 Å². The molecule has 0 radical (unpaired) electrons. The molecule has 1 aromatic carbocycles. The van der Waals surface area contributed by atoms with Crippen molar-refractivity contribution in [1.82, 2.24) is 0 Å². The highest BCUT2D eigenvalue weighted by molar-refractivity contribution is 7.78. The number of terminal acetylenes is 1. The van der Waals surface area contributed by atoms with Gasteiger partial charge >= 0.3 is 0 Å². The molecule has 1 rings (SSSR count). The maximum Gasteiger partial charge on any atom is 0.0763 e. The van der Waals surface area contributed by atoms with Crippen LogP contribution in [-0.2, 0) is 0 Å². The molecule has 0 saturated heterocycles. The van der Waals surface area contributed by atoms with Crippen LogP contribution in [0.15, 0.2) is 29.3 Å². The lowest BCUT2D eigenvalue weighted by molar-refractivity contribution is 1.38. The molecule has 0 bridgehead atoms. The van der Waals surface area contributed by atoms with Crippen LogP contribution in [0.2, 0.25) is 0 Å². The van der Waals surface area contributed by atoms with E-state index in [9.17, 15) is 0 Å². The maximum atomic E-state index is 5.10. The fraction of sp³-hybridized carbons (Fsp3) is 0.100. The fourth-order valence-corrected chi connectivity index (χ4v) is 0.965. The summed E-state index contributed by atoms with van der Waals surface area (Å²) in [5.74, 6) is 2.49. The zero-order valence-electron chi connectivity index (χ0n) is 6.95. The van der Waals surface area contributed by atoms with Crippen molar-refractivity contribution in [3.05, 3.63) is 24.3 Å². The average Bonchev–Trinajstić information content (AvgIpc) is 2.17. The third kappa shape index (κ3) is 3.08. The van der Waals surface area contributed by atoms with E-state index in [4.69, 9.17) is 6.42 Å². The van der Waals surface area contributed by atoms with Gasteiger partial charge in [0, 0.05) is 5.69 Å². The lowest BCUT2D eigenvalue weighted by atomic mass is 10.3. The van der Waals surface area contributed by atoms with E-state index in [1.165, 1.54) is 0 Å². The molecule has 0 spiro atoms. The minimum atomic E-state index is 0.524. The van der Waals surface area contributed by atoms with E-state index in [0.717, 1.165) is 11.4 Å². The summed E-state index contributed by atoms with van der Waals surface area (Å²) in [5.41, 5.74) is 1.77. The number of benzene rings is 1. The minimum Gasteiger partial charge on any atom is -0.374 e. The van der Waals surface area contributed by atoms with Crippen LogP contribution >= 0.6 is 12.2 Å². The molecule has 0 amide bonds. The van der Waals surface area contributed by atoms with Crippen molar-refractivity contribution >= 4 is 28.8 Å². The normalized spacial score (nSPS) is 8.23. The van der Waals surface area contributed by atoms with Gasteiger partial charge in [0.25, 0.3) is 0 Å². The van der Waals surface area contributed by atoms with Crippen molar-refractivity contribution < 1.29 is 0 Å². The number of hydrogen-bond acceptors (Lipinski definition) is 3. The summed E-state index contributed by atoms with van der Waals surface area (Å²) in [5, 5.41) is 5.34.